The second-order valence-electron chi connectivity index (χ2n) is 3.16. The number of nitrogens with one attached hydrogen (secondary N) is 2. The van der Waals surface area contributed by atoms with Crippen molar-refractivity contribution in [2.75, 3.05) is 0 Å². The van der Waals surface area contributed by atoms with Crippen molar-refractivity contribution in [1.82, 2.24) is 14.8 Å². The minimum absolute atomic E-state index is 0.185. The highest BCUT2D eigenvalue weighted by atomic mass is 32.2. The summed E-state index contributed by atoms with van der Waals surface area (Å²) in [6.07, 6.45) is 0. The van der Waals surface area contributed by atoms with Gasteiger partial charge in [-0.05, 0) is 24.3 Å². The highest BCUT2D eigenvalue weighted by Gasteiger charge is 2.10. The zero-order valence-corrected chi connectivity index (χ0v) is 9.06. The zero-order valence-electron chi connectivity index (χ0n) is 8.25. The number of benzene rings is 1. The van der Waals surface area contributed by atoms with E-state index in [0.717, 1.165) is 16.7 Å². The van der Waals surface area contributed by atoms with Crippen molar-refractivity contribution >= 4 is 10.1 Å². The van der Waals surface area contributed by atoms with Gasteiger partial charge in [0, 0.05) is 0 Å². The van der Waals surface area contributed by atoms with Crippen molar-refractivity contribution in [2.24, 2.45) is 0 Å². The van der Waals surface area contributed by atoms with Gasteiger partial charge in [0.25, 0.3) is 10.1 Å². The Hall–Kier alpha value is -2.13. The Morgan fingerprint density at radius 3 is 1.88 bits per heavy atom. The van der Waals surface area contributed by atoms with Crippen molar-refractivity contribution in [1.29, 1.82) is 0 Å². The van der Waals surface area contributed by atoms with Gasteiger partial charge in [0.1, 0.15) is 0 Å². The number of nitrogens with zero attached hydrogens (tertiary/aromatic N) is 1. The van der Waals surface area contributed by atoms with Crippen molar-refractivity contribution in [3.8, 4) is 5.69 Å². The van der Waals surface area contributed by atoms with Crippen LogP contribution < -0.4 is 11.4 Å². The van der Waals surface area contributed by atoms with Crippen LogP contribution in [0.3, 0.4) is 0 Å². The SMILES string of the molecule is O=c1[nH][nH]c(=O)n1-c1ccc(S(=O)(=O)O)cc1. The summed E-state index contributed by atoms with van der Waals surface area (Å²) in [5.74, 6) is 0. The summed E-state index contributed by atoms with van der Waals surface area (Å²) in [4.78, 5) is 22.1. The molecule has 90 valence electrons. The largest absolute Gasteiger partial charge is 0.348 e. The summed E-state index contributed by atoms with van der Waals surface area (Å²) in [5.41, 5.74) is -1.16. The highest BCUT2D eigenvalue weighted by Crippen LogP contribution is 2.10. The second kappa shape index (κ2) is 3.71. The van der Waals surface area contributed by atoms with Crippen LogP contribution in [-0.2, 0) is 10.1 Å². The summed E-state index contributed by atoms with van der Waals surface area (Å²) in [7, 11) is -4.29. The van der Waals surface area contributed by atoms with Crippen molar-refractivity contribution in [3.63, 3.8) is 0 Å². The lowest BCUT2D eigenvalue weighted by Crippen LogP contribution is -2.24. The van der Waals surface area contributed by atoms with Gasteiger partial charge in [0.2, 0.25) is 0 Å². The first-order chi connectivity index (χ1) is 7.89. The third kappa shape index (κ3) is 2.05. The molecule has 0 aliphatic rings. The van der Waals surface area contributed by atoms with Crippen LogP contribution in [0.5, 0.6) is 0 Å². The molecule has 0 bridgehead atoms. The molecule has 0 aliphatic carbocycles. The molecule has 0 unspecified atom stereocenters. The Labute approximate surface area is 94.3 Å². The van der Waals surface area contributed by atoms with Crippen LogP contribution in [0.25, 0.3) is 5.69 Å². The molecule has 3 N–H and O–H groups in total. The first kappa shape index (κ1) is 11.4. The number of H-pyrrole nitrogens is 2. The lowest BCUT2D eigenvalue weighted by Gasteiger charge is -2.00. The Morgan fingerprint density at radius 1 is 1.00 bits per heavy atom. The third-order valence-corrected chi connectivity index (χ3v) is 2.94. The summed E-state index contributed by atoms with van der Waals surface area (Å²) in [6.45, 7) is 0. The standard InChI is InChI=1S/C8H7N3O5S/c12-7-9-10-8(13)11(7)5-1-3-6(4-2-5)17(14,15)16/h1-4H,(H,9,12)(H,10,13)(H,14,15,16). The summed E-state index contributed by atoms with van der Waals surface area (Å²) < 4.78 is 31.1. The highest BCUT2D eigenvalue weighted by molar-refractivity contribution is 7.85. The molecule has 1 aromatic carbocycles. The Morgan fingerprint density at radius 2 is 1.47 bits per heavy atom. The fourth-order valence-electron chi connectivity index (χ4n) is 1.31. The molecule has 0 atom stereocenters. The van der Waals surface area contributed by atoms with Crippen molar-refractivity contribution in [3.05, 3.63) is 45.2 Å². The van der Waals surface area contributed by atoms with Crippen LogP contribution >= 0.6 is 0 Å². The number of rotatable bonds is 2. The van der Waals surface area contributed by atoms with Crippen molar-refractivity contribution < 1.29 is 13.0 Å². The number of hydrogen-bond acceptors (Lipinski definition) is 4. The Balaban J connectivity index is 2.58. The van der Waals surface area contributed by atoms with Gasteiger partial charge in [-0.2, -0.15) is 8.42 Å². The number of aromatic amines is 2. The molecule has 0 fully saturated rings. The molecule has 0 aliphatic heterocycles. The van der Waals surface area contributed by atoms with Gasteiger partial charge in [0.05, 0.1) is 10.6 Å². The summed E-state index contributed by atoms with van der Waals surface area (Å²) in [6, 6.07) is 4.63. The molecule has 0 radical (unpaired) electrons. The topological polar surface area (TPSA) is 125 Å². The van der Waals surface area contributed by atoms with E-state index in [1.54, 1.807) is 0 Å². The van der Waals surface area contributed by atoms with Gasteiger partial charge in [-0.1, -0.05) is 0 Å². The normalized spacial score (nSPS) is 11.6. The number of aromatic nitrogens is 3. The van der Waals surface area contributed by atoms with E-state index in [0.29, 0.717) is 0 Å². The smallest absolute Gasteiger partial charge is 0.282 e. The molecule has 0 saturated carbocycles. The molecule has 8 nitrogen and oxygen atoms in total. The molecule has 1 heterocycles. The minimum atomic E-state index is -4.29. The van der Waals surface area contributed by atoms with E-state index >= 15 is 0 Å². The average Bonchev–Trinajstić information content (AvgIpc) is 2.58. The lowest BCUT2D eigenvalue weighted by molar-refractivity contribution is 0.483. The maximum atomic E-state index is 11.2. The van der Waals surface area contributed by atoms with Gasteiger partial charge < -0.3 is 0 Å². The molecular weight excluding hydrogens is 250 g/mol. The van der Waals surface area contributed by atoms with E-state index in [2.05, 4.69) is 10.2 Å². The monoisotopic (exact) mass is 257 g/mol. The van der Waals surface area contributed by atoms with Crippen LogP contribution in [0.2, 0.25) is 0 Å². The number of hydrogen-bond donors (Lipinski definition) is 3. The fourth-order valence-corrected chi connectivity index (χ4v) is 1.79. The van der Waals surface area contributed by atoms with Crippen molar-refractivity contribution in [2.45, 2.75) is 4.90 Å². The molecule has 1 aromatic heterocycles. The zero-order chi connectivity index (χ0) is 12.6. The quantitative estimate of drug-likeness (QED) is 0.601. The molecule has 0 spiro atoms. The van der Waals surface area contributed by atoms with Crippen LogP contribution in [0.1, 0.15) is 0 Å². The van der Waals surface area contributed by atoms with E-state index in [1.165, 1.54) is 12.1 Å². The Bertz CT molecular complexity index is 722. The first-order valence-corrected chi connectivity index (χ1v) is 5.81. The predicted octanol–water partition coefficient (Wildman–Crippen LogP) is -0.899. The molecule has 0 saturated heterocycles. The molecule has 17 heavy (non-hydrogen) atoms. The van der Waals surface area contributed by atoms with Gasteiger partial charge in [-0.15, -0.1) is 0 Å². The van der Waals surface area contributed by atoms with Gasteiger partial charge >= 0.3 is 11.4 Å². The average molecular weight is 257 g/mol. The maximum absolute atomic E-state index is 11.2. The van der Waals surface area contributed by atoms with E-state index < -0.39 is 21.5 Å². The third-order valence-electron chi connectivity index (χ3n) is 2.08. The van der Waals surface area contributed by atoms with E-state index in [-0.39, 0.29) is 10.6 Å². The summed E-state index contributed by atoms with van der Waals surface area (Å²) in [5, 5.41) is 4.17. The second-order valence-corrected chi connectivity index (χ2v) is 4.59. The maximum Gasteiger partial charge on any atom is 0.348 e. The molecule has 2 aromatic rings. The predicted molar refractivity (Wildman–Crippen MR) is 56.8 cm³/mol. The van der Waals surface area contributed by atoms with Crippen LogP contribution in [0.4, 0.5) is 0 Å². The molecule has 9 heteroatoms. The van der Waals surface area contributed by atoms with Crippen LogP contribution in [0.15, 0.2) is 38.8 Å². The fraction of sp³-hybridized carbons (Fsp3) is 0. The lowest BCUT2D eigenvalue weighted by atomic mass is 10.3. The van der Waals surface area contributed by atoms with Gasteiger partial charge in [0.15, 0.2) is 0 Å². The molecule has 2 rings (SSSR count). The van der Waals surface area contributed by atoms with Gasteiger partial charge in [-0.25, -0.2) is 24.4 Å². The van der Waals surface area contributed by atoms with E-state index in [4.69, 9.17) is 4.55 Å². The van der Waals surface area contributed by atoms with Crippen LogP contribution in [-0.4, -0.2) is 27.7 Å². The van der Waals surface area contributed by atoms with Gasteiger partial charge in [-0.3, -0.25) is 4.55 Å². The summed E-state index contributed by atoms with van der Waals surface area (Å²) >= 11 is 0. The Kier molecular flexibility index (Phi) is 2.48. The minimum Gasteiger partial charge on any atom is -0.282 e. The molecule has 0 amide bonds. The van der Waals surface area contributed by atoms with E-state index in [1.807, 2.05) is 0 Å². The molecular formula is C8H7N3O5S. The van der Waals surface area contributed by atoms with Crippen LogP contribution in [0, 0.1) is 0 Å². The van der Waals surface area contributed by atoms with E-state index in [9.17, 15) is 18.0 Å². The first-order valence-electron chi connectivity index (χ1n) is 4.37.